The van der Waals surface area contributed by atoms with Crippen molar-refractivity contribution in [3.05, 3.63) is 48.4 Å². The van der Waals surface area contributed by atoms with Gasteiger partial charge < -0.3 is 9.64 Å². The van der Waals surface area contributed by atoms with Gasteiger partial charge in [0, 0.05) is 18.8 Å². The molecule has 0 fully saturated rings. The quantitative estimate of drug-likeness (QED) is 0.625. The molecular formula is C10H11NO. The summed E-state index contributed by atoms with van der Waals surface area (Å²) in [6.45, 7) is 0. The molecule has 1 aromatic carbocycles. The largest absolute Gasteiger partial charge is 0.472 e. The van der Waals surface area contributed by atoms with Gasteiger partial charge in [0.1, 0.15) is 6.26 Å². The lowest BCUT2D eigenvalue weighted by molar-refractivity contribution is 0.0730. The molecule has 0 spiro atoms. The van der Waals surface area contributed by atoms with Gasteiger partial charge in [0.2, 0.25) is 0 Å². The molecule has 12 heavy (non-hydrogen) atoms. The van der Waals surface area contributed by atoms with Crippen LogP contribution >= 0.6 is 0 Å². The van der Waals surface area contributed by atoms with Crippen molar-refractivity contribution in [1.82, 2.24) is 4.90 Å². The lowest BCUT2D eigenvalue weighted by Gasteiger charge is -2.19. The van der Waals surface area contributed by atoms with Crippen LogP contribution in [0.2, 0.25) is 0 Å². The summed E-state index contributed by atoms with van der Waals surface area (Å²) >= 11 is 0. The fourth-order valence-corrected chi connectivity index (χ4v) is 1.31. The highest BCUT2D eigenvalue weighted by atomic mass is 16.5. The Morgan fingerprint density at radius 3 is 2.58 bits per heavy atom. The van der Waals surface area contributed by atoms with Crippen LogP contribution in [-0.2, 0) is 4.74 Å². The molecule has 0 amide bonds. The number of hydrogen-bond donors (Lipinski definition) is 0. The molecule has 1 unspecified atom stereocenters. The van der Waals surface area contributed by atoms with Crippen LogP contribution < -0.4 is 0 Å². The number of rotatable bonds is 1. The molecule has 0 saturated heterocycles. The monoisotopic (exact) mass is 161 g/mol. The zero-order valence-corrected chi connectivity index (χ0v) is 6.97. The maximum absolute atomic E-state index is 5.40. The summed E-state index contributed by atoms with van der Waals surface area (Å²) in [5.41, 5.74) is 1.19. The van der Waals surface area contributed by atoms with Crippen molar-refractivity contribution in [1.29, 1.82) is 0 Å². The van der Waals surface area contributed by atoms with Crippen molar-refractivity contribution in [3.63, 3.8) is 0 Å². The van der Waals surface area contributed by atoms with Crippen LogP contribution in [-0.4, -0.2) is 11.9 Å². The van der Waals surface area contributed by atoms with Gasteiger partial charge in [0.05, 0.1) is 0 Å². The van der Waals surface area contributed by atoms with Crippen LogP contribution in [0.5, 0.6) is 0 Å². The van der Waals surface area contributed by atoms with E-state index in [4.69, 9.17) is 4.74 Å². The molecule has 0 aliphatic carbocycles. The molecule has 1 atom stereocenters. The fourth-order valence-electron chi connectivity index (χ4n) is 1.31. The molecule has 1 aliphatic heterocycles. The topological polar surface area (TPSA) is 12.5 Å². The van der Waals surface area contributed by atoms with Crippen LogP contribution in [0.3, 0.4) is 0 Å². The highest BCUT2D eigenvalue weighted by Crippen LogP contribution is 2.24. The number of ether oxygens (including phenoxy) is 1. The van der Waals surface area contributed by atoms with E-state index in [0.717, 1.165) is 0 Å². The summed E-state index contributed by atoms with van der Waals surface area (Å²) in [4.78, 5) is 2.04. The Hall–Kier alpha value is -1.44. The van der Waals surface area contributed by atoms with Crippen molar-refractivity contribution in [2.75, 3.05) is 7.05 Å². The third-order valence-corrected chi connectivity index (χ3v) is 1.96. The van der Waals surface area contributed by atoms with Crippen molar-refractivity contribution >= 4 is 0 Å². The standard InChI is InChI=1S/C10H11NO/c1-11-7-8-12-10(11)9-5-3-2-4-6-9/h2-8,10H,1H3. The van der Waals surface area contributed by atoms with Crippen molar-refractivity contribution in [2.45, 2.75) is 6.23 Å². The van der Waals surface area contributed by atoms with E-state index in [1.165, 1.54) is 5.56 Å². The van der Waals surface area contributed by atoms with Gasteiger partial charge in [-0.15, -0.1) is 0 Å². The summed E-state index contributed by atoms with van der Waals surface area (Å²) in [5, 5.41) is 0. The van der Waals surface area contributed by atoms with E-state index >= 15 is 0 Å². The Kier molecular flexibility index (Phi) is 1.74. The fraction of sp³-hybridized carbons (Fsp3) is 0.200. The number of benzene rings is 1. The van der Waals surface area contributed by atoms with E-state index in [-0.39, 0.29) is 6.23 Å². The third kappa shape index (κ3) is 1.16. The number of nitrogens with zero attached hydrogens (tertiary/aromatic N) is 1. The van der Waals surface area contributed by atoms with Gasteiger partial charge in [-0.1, -0.05) is 30.3 Å². The predicted octanol–water partition coefficient (Wildman–Crippen LogP) is 2.12. The van der Waals surface area contributed by atoms with E-state index in [1.807, 2.05) is 36.3 Å². The second-order valence-electron chi connectivity index (χ2n) is 2.85. The zero-order chi connectivity index (χ0) is 8.39. The molecule has 2 heteroatoms. The molecule has 0 N–H and O–H groups in total. The van der Waals surface area contributed by atoms with Crippen molar-refractivity contribution in [3.8, 4) is 0 Å². The molecule has 0 saturated carbocycles. The summed E-state index contributed by atoms with van der Waals surface area (Å²) in [6, 6.07) is 10.2. The highest BCUT2D eigenvalue weighted by Gasteiger charge is 2.17. The van der Waals surface area contributed by atoms with Gasteiger partial charge in [-0.2, -0.15) is 0 Å². The first-order valence-corrected chi connectivity index (χ1v) is 3.97. The van der Waals surface area contributed by atoms with Gasteiger partial charge in [-0.25, -0.2) is 0 Å². The van der Waals surface area contributed by atoms with Crippen LogP contribution in [0, 0.1) is 0 Å². The second-order valence-corrected chi connectivity index (χ2v) is 2.85. The van der Waals surface area contributed by atoms with E-state index in [2.05, 4.69) is 12.1 Å². The Morgan fingerprint density at radius 2 is 2.00 bits per heavy atom. The van der Waals surface area contributed by atoms with Crippen LogP contribution in [0.4, 0.5) is 0 Å². The average molecular weight is 161 g/mol. The summed E-state index contributed by atoms with van der Waals surface area (Å²) in [6.07, 6.45) is 3.71. The Morgan fingerprint density at radius 1 is 1.25 bits per heavy atom. The molecule has 1 aliphatic rings. The Labute approximate surface area is 72.1 Å². The first-order valence-electron chi connectivity index (χ1n) is 3.97. The first-order chi connectivity index (χ1) is 5.88. The second kappa shape index (κ2) is 2.89. The molecule has 0 bridgehead atoms. The molecule has 0 aromatic heterocycles. The Balaban J connectivity index is 2.22. The van der Waals surface area contributed by atoms with Crippen molar-refractivity contribution in [2.24, 2.45) is 0 Å². The minimum absolute atomic E-state index is 0.0613. The summed E-state index contributed by atoms with van der Waals surface area (Å²) < 4.78 is 5.40. The predicted molar refractivity (Wildman–Crippen MR) is 47.2 cm³/mol. The van der Waals surface area contributed by atoms with Crippen LogP contribution in [0.1, 0.15) is 11.8 Å². The van der Waals surface area contributed by atoms with Crippen LogP contribution in [0.15, 0.2) is 42.8 Å². The zero-order valence-electron chi connectivity index (χ0n) is 6.97. The molecular weight excluding hydrogens is 150 g/mol. The lowest BCUT2D eigenvalue weighted by atomic mass is 10.2. The smallest absolute Gasteiger partial charge is 0.197 e. The van der Waals surface area contributed by atoms with Gasteiger partial charge in [0.15, 0.2) is 6.23 Å². The SMILES string of the molecule is CN1C=COC1c1ccccc1. The maximum atomic E-state index is 5.40. The minimum atomic E-state index is 0.0613. The normalized spacial score (nSPS) is 21.1. The van der Waals surface area contributed by atoms with Crippen LogP contribution in [0.25, 0.3) is 0 Å². The highest BCUT2D eigenvalue weighted by molar-refractivity contribution is 5.18. The minimum Gasteiger partial charge on any atom is -0.472 e. The molecule has 62 valence electrons. The molecule has 2 nitrogen and oxygen atoms in total. The summed E-state index contributed by atoms with van der Waals surface area (Å²) in [5.74, 6) is 0. The first kappa shape index (κ1) is 7.22. The van der Waals surface area contributed by atoms with Gasteiger partial charge in [0.25, 0.3) is 0 Å². The summed E-state index contributed by atoms with van der Waals surface area (Å²) in [7, 11) is 2.00. The number of hydrogen-bond acceptors (Lipinski definition) is 2. The van der Waals surface area contributed by atoms with E-state index in [1.54, 1.807) is 6.26 Å². The molecule has 1 aromatic rings. The average Bonchev–Trinajstić information content (AvgIpc) is 2.53. The van der Waals surface area contributed by atoms with E-state index in [0.29, 0.717) is 0 Å². The van der Waals surface area contributed by atoms with Gasteiger partial charge in [-0.05, 0) is 0 Å². The molecule has 0 radical (unpaired) electrons. The van der Waals surface area contributed by atoms with E-state index in [9.17, 15) is 0 Å². The lowest BCUT2D eigenvalue weighted by Crippen LogP contribution is -2.14. The maximum Gasteiger partial charge on any atom is 0.197 e. The van der Waals surface area contributed by atoms with E-state index < -0.39 is 0 Å². The third-order valence-electron chi connectivity index (χ3n) is 1.96. The van der Waals surface area contributed by atoms with Gasteiger partial charge >= 0.3 is 0 Å². The Bertz CT molecular complexity index is 281. The van der Waals surface area contributed by atoms with Gasteiger partial charge in [-0.3, -0.25) is 0 Å². The van der Waals surface area contributed by atoms with Crippen molar-refractivity contribution < 1.29 is 4.74 Å². The molecule has 1 heterocycles. The molecule has 2 rings (SSSR count).